The number of nitrogens with one attached hydrogen (secondary N) is 2. The molecule has 0 aromatic heterocycles. The van der Waals surface area contributed by atoms with Gasteiger partial charge in [-0.2, -0.15) is 0 Å². The third-order valence-electron chi connectivity index (χ3n) is 6.25. The summed E-state index contributed by atoms with van der Waals surface area (Å²) in [5.74, 6) is 0.872. The first kappa shape index (κ1) is 20.5. The number of benzene rings is 1. The molecule has 0 bridgehead atoms. The maximum absolute atomic E-state index is 12.8. The van der Waals surface area contributed by atoms with Crippen molar-refractivity contribution in [2.45, 2.75) is 64.5 Å². The van der Waals surface area contributed by atoms with Crippen LogP contribution in [0.15, 0.2) is 24.3 Å². The summed E-state index contributed by atoms with van der Waals surface area (Å²) in [6, 6.07) is 8.06. The van der Waals surface area contributed by atoms with Gasteiger partial charge in [0.2, 0.25) is 5.91 Å². The maximum Gasteiger partial charge on any atom is 0.317 e. The number of carbonyl (C=O) groups excluding carboxylic acids is 2. The van der Waals surface area contributed by atoms with Crippen molar-refractivity contribution in [1.29, 1.82) is 0 Å². The van der Waals surface area contributed by atoms with Gasteiger partial charge in [0.1, 0.15) is 5.75 Å². The zero-order valence-electron chi connectivity index (χ0n) is 17.1. The van der Waals surface area contributed by atoms with Crippen LogP contribution in [0.2, 0.25) is 0 Å². The van der Waals surface area contributed by atoms with Crippen molar-refractivity contribution < 1.29 is 14.3 Å². The fourth-order valence-electron chi connectivity index (χ4n) is 4.08. The van der Waals surface area contributed by atoms with Crippen LogP contribution in [0.4, 0.5) is 4.79 Å². The van der Waals surface area contributed by atoms with Gasteiger partial charge in [0, 0.05) is 31.1 Å². The van der Waals surface area contributed by atoms with Crippen molar-refractivity contribution in [3.8, 4) is 5.75 Å². The molecule has 1 aliphatic heterocycles. The lowest BCUT2D eigenvalue weighted by Crippen LogP contribution is -2.52. The van der Waals surface area contributed by atoms with Crippen molar-refractivity contribution in [2.24, 2.45) is 5.41 Å². The Labute approximate surface area is 168 Å². The highest BCUT2D eigenvalue weighted by Gasteiger charge is 2.38. The van der Waals surface area contributed by atoms with E-state index in [1.54, 1.807) is 7.11 Å². The summed E-state index contributed by atoms with van der Waals surface area (Å²) < 4.78 is 5.16. The maximum atomic E-state index is 12.8. The Balaban J connectivity index is 1.44. The molecule has 3 rings (SSSR count). The number of urea groups is 1. The van der Waals surface area contributed by atoms with Crippen LogP contribution in [-0.4, -0.2) is 43.1 Å². The second-order valence-electron chi connectivity index (χ2n) is 8.36. The van der Waals surface area contributed by atoms with Gasteiger partial charge < -0.3 is 20.3 Å². The van der Waals surface area contributed by atoms with E-state index in [0.29, 0.717) is 38.5 Å². The van der Waals surface area contributed by atoms with Crippen molar-refractivity contribution in [3.05, 3.63) is 29.8 Å². The lowest BCUT2D eigenvalue weighted by Gasteiger charge is -2.39. The summed E-state index contributed by atoms with van der Waals surface area (Å²) in [6.45, 7) is 3.77. The van der Waals surface area contributed by atoms with E-state index in [2.05, 4.69) is 10.6 Å². The van der Waals surface area contributed by atoms with Gasteiger partial charge >= 0.3 is 6.03 Å². The van der Waals surface area contributed by atoms with Gasteiger partial charge in [0.15, 0.2) is 0 Å². The van der Waals surface area contributed by atoms with Crippen LogP contribution < -0.4 is 15.4 Å². The molecule has 6 nitrogen and oxygen atoms in total. The molecule has 2 fully saturated rings. The monoisotopic (exact) mass is 387 g/mol. The first-order valence-electron chi connectivity index (χ1n) is 10.5. The number of amides is 3. The van der Waals surface area contributed by atoms with Gasteiger partial charge in [-0.3, -0.25) is 4.79 Å². The predicted octanol–water partition coefficient (Wildman–Crippen LogP) is 3.46. The van der Waals surface area contributed by atoms with E-state index in [-0.39, 0.29) is 11.9 Å². The average molecular weight is 388 g/mol. The molecule has 1 saturated heterocycles. The number of carbonyl (C=O) groups is 2. The van der Waals surface area contributed by atoms with Crippen LogP contribution in [0.5, 0.6) is 5.75 Å². The molecule has 2 aliphatic rings. The highest BCUT2D eigenvalue weighted by Crippen LogP contribution is 2.31. The summed E-state index contributed by atoms with van der Waals surface area (Å²) in [5.41, 5.74) is 0.621. The molecule has 3 amide bonds. The first-order valence-corrected chi connectivity index (χ1v) is 10.5. The molecule has 2 N–H and O–H groups in total. The smallest absolute Gasteiger partial charge is 0.317 e. The Morgan fingerprint density at radius 1 is 1.11 bits per heavy atom. The highest BCUT2D eigenvalue weighted by atomic mass is 16.5. The number of methoxy groups -OCH3 is 1. The molecule has 1 aromatic carbocycles. The molecule has 1 aromatic rings. The number of nitrogens with zero attached hydrogens (tertiary/aromatic N) is 1. The zero-order valence-corrected chi connectivity index (χ0v) is 17.1. The molecule has 1 saturated carbocycles. The molecule has 0 spiro atoms. The third-order valence-corrected chi connectivity index (χ3v) is 6.25. The molecule has 0 radical (unpaired) electrons. The zero-order chi connectivity index (χ0) is 20.0. The Morgan fingerprint density at radius 3 is 2.36 bits per heavy atom. The van der Waals surface area contributed by atoms with E-state index < -0.39 is 5.41 Å². The fourth-order valence-corrected chi connectivity index (χ4v) is 4.08. The topological polar surface area (TPSA) is 70.7 Å². The molecule has 28 heavy (non-hydrogen) atoms. The Bertz CT molecular complexity index is 660. The van der Waals surface area contributed by atoms with Crippen LogP contribution >= 0.6 is 0 Å². The minimum absolute atomic E-state index is 0.0348. The minimum atomic E-state index is -0.423. The molecule has 0 atom stereocenters. The van der Waals surface area contributed by atoms with Gasteiger partial charge in [-0.1, -0.05) is 38.3 Å². The van der Waals surface area contributed by atoms with Crippen LogP contribution in [0.25, 0.3) is 0 Å². The van der Waals surface area contributed by atoms with Crippen LogP contribution in [0.3, 0.4) is 0 Å². The standard InChI is InChI=1S/C22H33N3O3/c1-22(20(26)23-16-17-8-10-19(28-2)11-9-17)12-14-25(15-13-22)21(27)24-18-6-4-3-5-7-18/h8-11,18H,3-7,12-16H2,1-2H3,(H,23,26)(H,24,27). The molecular formula is C22H33N3O3. The number of hydrogen-bond donors (Lipinski definition) is 2. The number of hydrogen-bond acceptors (Lipinski definition) is 3. The quantitative estimate of drug-likeness (QED) is 0.813. The van der Waals surface area contributed by atoms with E-state index in [9.17, 15) is 9.59 Å². The second kappa shape index (κ2) is 9.30. The number of piperidine rings is 1. The number of ether oxygens (including phenoxy) is 1. The Morgan fingerprint density at radius 2 is 1.75 bits per heavy atom. The Kier molecular flexibility index (Phi) is 6.81. The van der Waals surface area contributed by atoms with Crippen molar-refractivity contribution >= 4 is 11.9 Å². The van der Waals surface area contributed by atoms with E-state index in [1.807, 2.05) is 36.1 Å². The van der Waals surface area contributed by atoms with Gasteiger partial charge in [0.05, 0.1) is 7.11 Å². The van der Waals surface area contributed by atoms with Crippen LogP contribution in [0, 0.1) is 5.41 Å². The van der Waals surface area contributed by atoms with E-state index >= 15 is 0 Å². The number of rotatable bonds is 5. The molecule has 6 heteroatoms. The SMILES string of the molecule is COc1ccc(CNC(=O)C2(C)CCN(C(=O)NC3CCCCC3)CC2)cc1. The molecule has 1 aliphatic carbocycles. The second-order valence-corrected chi connectivity index (χ2v) is 8.36. The summed E-state index contributed by atoms with van der Waals surface area (Å²) in [6.07, 6.45) is 7.25. The number of likely N-dealkylation sites (tertiary alicyclic amines) is 1. The minimum Gasteiger partial charge on any atom is -0.497 e. The summed E-state index contributed by atoms with van der Waals surface area (Å²) in [5, 5.41) is 6.23. The van der Waals surface area contributed by atoms with Gasteiger partial charge in [-0.15, -0.1) is 0 Å². The normalized spacial score (nSPS) is 19.7. The van der Waals surface area contributed by atoms with Gasteiger partial charge in [-0.25, -0.2) is 4.79 Å². The van der Waals surface area contributed by atoms with Gasteiger partial charge in [0.25, 0.3) is 0 Å². The third kappa shape index (κ3) is 5.18. The summed E-state index contributed by atoms with van der Waals surface area (Å²) in [4.78, 5) is 27.1. The first-order chi connectivity index (χ1) is 13.5. The molecule has 154 valence electrons. The Hall–Kier alpha value is -2.24. The molecular weight excluding hydrogens is 354 g/mol. The van der Waals surface area contributed by atoms with E-state index in [0.717, 1.165) is 24.2 Å². The van der Waals surface area contributed by atoms with E-state index in [4.69, 9.17) is 4.74 Å². The summed E-state index contributed by atoms with van der Waals surface area (Å²) >= 11 is 0. The van der Waals surface area contributed by atoms with Crippen LogP contribution in [-0.2, 0) is 11.3 Å². The van der Waals surface area contributed by atoms with Crippen molar-refractivity contribution in [3.63, 3.8) is 0 Å². The fraction of sp³-hybridized carbons (Fsp3) is 0.636. The van der Waals surface area contributed by atoms with E-state index in [1.165, 1.54) is 19.3 Å². The molecule has 1 heterocycles. The largest absolute Gasteiger partial charge is 0.497 e. The average Bonchev–Trinajstić information content (AvgIpc) is 2.73. The molecule has 0 unspecified atom stereocenters. The van der Waals surface area contributed by atoms with Crippen molar-refractivity contribution in [1.82, 2.24) is 15.5 Å². The summed E-state index contributed by atoms with van der Waals surface area (Å²) in [7, 11) is 1.64. The lowest BCUT2D eigenvalue weighted by atomic mass is 9.79. The predicted molar refractivity (Wildman–Crippen MR) is 109 cm³/mol. The van der Waals surface area contributed by atoms with Gasteiger partial charge in [-0.05, 0) is 43.4 Å². The lowest BCUT2D eigenvalue weighted by molar-refractivity contribution is -0.132. The van der Waals surface area contributed by atoms with Crippen LogP contribution in [0.1, 0.15) is 57.4 Å². The van der Waals surface area contributed by atoms with Crippen molar-refractivity contribution in [2.75, 3.05) is 20.2 Å². The highest BCUT2D eigenvalue weighted by molar-refractivity contribution is 5.83.